The second kappa shape index (κ2) is 6.76. The van der Waals surface area contributed by atoms with Gasteiger partial charge in [-0.15, -0.1) is 0 Å². The summed E-state index contributed by atoms with van der Waals surface area (Å²) in [6, 6.07) is 5.75. The minimum Gasteiger partial charge on any atom is -0.465 e. The zero-order valence-electron chi connectivity index (χ0n) is 12.0. The van der Waals surface area contributed by atoms with Crippen molar-refractivity contribution in [2.45, 2.75) is 18.2 Å². The number of hydrogen-bond acceptors (Lipinski definition) is 5. The van der Waals surface area contributed by atoms with Gasteiger partial charge in [0.2, 0.25) is 10.0 Å². The van der Waals surface area contributed by atoms with Crippen LogP contribution in [0.4, 0.5) is 0 Å². The van der Waals surface area contributed by atoms with Crippen molar-refractivity contribution in [3.63, 3.8) is 0 Å². The Morgan fingerprint density at radius 3 is 2.59 bits per heavy atom. The number of hydrogen-bond donors (Lipinski definition) is 0. The Labute approximate surface area is 134 Å². The molecule has 1 aromatic rings. The second-order valence-electron chi connectivity index (χ2n) is 4.84. The molecule has 6 nitrogen and oxygen atoms in total. The Kier molecular flexibility index (Phi) is 5.20. The Balaban J connectivity index is 2.23. The number of ether oxygens (including phenoxy) is 1. The van der Waals surface area contributed by atoms with Gasteiger partial charge < -0.3 is 4.74 Å². The minimum absolute atomic E-state index is 0.00367. The normalized spacial score (nSPS) is 19.9. The third-order valence-corrected chi connectivity index (χ3v) is 5.54. The predicted molar refractivity (Wildman–Crippen MR) is 80.0 cm³/mol. The fourth-order valence-corrected chi connectivity index (χ4v) is 3.81. The lowest BCUT2D eigenvalue weighted by molar-refractivity contribution is -0.153. The summed E-state index contributed by atoms with van der Waals surface area (Å²) in [4.78, 5) is 23.7. The third kappa shape index (κ3) is 3.48. The molecule has 0 radical (unpaired) electrons. The highest BCUT2D eigenvalue weighted by atomic mass is 35.5. The maximum Gasteiger partial charge on any atom is 0.317 e. The van der Waals surface area contributed by atoms with Gasteiger partial charge in [0, 0.05) is 24.5 Å². The fourth-order valence-electron chi connectivity index (χ4n) is 2.23. The highest BCUT2D eigenvalue weighted by molar-refractivity contribution is 7.89. The van der Waals surface area contributed by atoms with Crippen LogP contribution >= 0.6 is 11.6 Å². The van der Waals surface area contributed by atoms with E-state index in [2.05, 4.69) is 0 Å². The number of halogens is 1. The molecule has 0 N–H and O–H groups in total. The van der Waals surface area contributed by atoms with Gasteiger partial charge in [-0.3, -0.25) is 9.59 Å². The van der Waals surface area contributed by atoms with Crippen LogP contribution in [0.1, 0.15) is 13.3 Å². The van der Waals surface area contributed by atoms with Crippen LogP contribution in [0.25, 0.3) is 0 Å². The van der Waals surface area contributed by atoms with Gasteiger partial charge in [-0.25, -0.2) is 8.42 Å². The van der Waals surface area contributed by atoms with Gasteiger partial charge >= 0.3 is 5.97 Å². The summed E-state index contributed by atoms with van der Waals surface area (Å²) < 4.78 is 31.1. The summed E-state index contributed by atoms with van der Waals surface area (Å²) in [5.41, 5.74) is 0. The first-order valence-electron chi connectivity index (χ1n) is 6.81. The number of Topliss-reactive ketones (excluding diaryl/α,β-unsaturated/α-hetero) is 1. The molecule has 0 bridgehead atoms. The molecule has 0 aromatic heterocycles. The van der Waals surface area contributed by atoms with Crippen molar-refractivity contribution in [1.29, 1.82) is 0 Å². The standard InChI is InChI=1S/C14H16ClNO5S/c1-2-21-14(18)12-9-16(8-7-13(12)17)22(19,20)11-5-3-10(15)4-6-11/h3-6,12H,2,7-9H2,1H3. The van der Waals surface area contributed by atoms with Gasteiger partial charge in [-0.1, -0.05) is 11.6 Å². The van der Waals surface area contributed by atoms with E-state index in [1.807, 2.05) is 0 Å². The number of ketones is 1. The zero-order chi connectivity index (χ0) is 16.3. The molecule has 1 aliphatic heterocycles. The third-order valence-electron chi connectivity index (χ3n) is 3.41. The molecule has 1 aliphatic rings. The molecule has 22 heavy (non-hydrogen) atoms. The van der Waals surface area contributed by atoms with Crippen molar-refractivity contribution in [3.8, 4) is 0 Å². The molecule has 1 heterocycles. The largest absolute Gasteiger partial charge is 0.465 e. The molecule has 8 heteroatoms. The fraction of sp³-hybridized carbons (Fsp3) is 0.429. The average molecular weight is 346 g/mol. The van der Waals surface area contributed by atoms with Crippen LogP contribution in [0, 0.1) is 5.92 Å². The summed E-state index contributed by atoms with van der Waals surface area (Å²) in [5, 5.41) is 0.428. The number of piperidine rings is 1. The van der Waals surface area contributed by atoms with E-state index in [4.69, 9.17) is 16.3 Å². The highest BCUT2D eigenvalue weighted by Gasteiger charge is 2.38. The maximum atomic E-state index is 12.6. The van der Waals surface area contributed by atoms with Gasteiger partial charge in [0.1, 0.15) is 11.7 Å². The number of carbonyl (C=O) groups is 2. The Hall–Kier alpha value is -1.44. The summed E-state index contributed by atoms with van der Waals surface area (Å²) in [6.07, 6.45) is -0.00367. The number of nitrogens with zero attached hydrogens (tertiary/aromatic N) is 1. The van der Waals surface area contributed by atoms with E-state index in [0.29, 0.717) is 5.02 Å². The molecule has 0 aliphatic carbocycles. The smallest absolute Gasteiger partial charge is 0.317 e. The average Bonchev–Trinajstić information content (AvgIpc) is 2.48. The molecule has 0 amide bonds. The number of benzene rings is 1. The molecule has 0 saturated carbocycles. The first-order valence-corrected chi connectivity index (χ1v) is 8.63. The van der Waals surface area contributed by atoms with Gasteiger partial charge in [-0.05, 0) is 31.2 Å². The molecule has 2 rings (SSSR count). The molecule has 1 fully saturated rings. The van der Waals surface area contributed by atoms with Crippen molar-refractivity contribution in [3.05, 3.63) is 29.3 Å². The van der Waals surface area contributed by atoms with E-state index in [0.717, 1.165) is 4.31 Å². The van der Waals surface area contributed by atoms with Crippen LogP contribution in [0.5, 0.6) is 0 Å². The van der Waals surface area contributed by atoms with Crippen molar-refractivity contribution >= 4 is 33.4 Å². The molecule has 1 atom stereocenters. The Morgan fingerprint density at radius 2 is 2.00 bits per heavy atom. The molecular formula is C14H16ClNO5S. The van der Waals surface area contributed by atoms with Crippen LogP contribution in [0.2, 0.25) is 5.02 Å². The lowest BCUT2D eigenvalue weighted by Crippen LogP contribution is -2.47. The van der Waals surface area contributed by atoms with Gasteiger partial charge in [0.15, 0.2) is 0 Å². The quantitative estimate of drug-likeness (QED) is 0.610. The Bertz CT molecular complexity index is 671. The first-order chi connectivity index (χ1) is 10.4. The van der Waals surface area contributed by atoms with E-state index < -0.39 is 21.9 Å². The predicted octanol–water partition coefficient (Wildman–Crippen LogP) is 1.48. The molecule has 0 spiro atoms. The van der Waals surface area contributed by atoms with E-state index in [1.54, 1.807) is 6.92 Å². The van der Waals surface area contributed by atoms with Gasteiger partial charge in [-0.2, -0.15) is 4.31 Å². The highest BCUT2D eigenvalue weighted by Crippen LogP contribution is 2.23. The second-order valence-corrected chi connectivity index (χ2v) is 7.21. The van der Waals surface area contributed by atoms with Crippen molar-refractivity contribution in [1.82, 2.24) is 4.31 Å². The number of sulfonamides is 1. The minimum atomic E-state index is -3.77. The number of carbonyl (C=O) groups excluding carboxylic acids is 2. The zero-order valence-corrected chi connectivity index (χ0v) is 13.6. The van der Waals surface area contributed by atoms with Crippen molar-refractivity contribution < 1.29 is 22.7 Å². The van der Waals surface area contributed by atoms with E-state index in [1.165, 1.54) is 24.3 Å². The molecule has 1 aromatic carbocycles. The van der Waals surface area contributed by atoms with Crippen molar-refractivity contribution in [2.24, 2.45) is 5.92 Å². The van der Waals surface area contributed by atoms with Crippen LogP contribution in [-0.2, 0) is 24.3 Å². The summed E-state index contributed by atoms with van der Waals surface area (Å²) >= 11 is 5.75. The van der Waals surface area contributed by atoms with Crippen LogP contribution in [0.3, 0.4) is 0 Å². The number of rotatable bonds is 4. The van der Waals surface area contributed by atoms with Gasteiger partial charge in [0.25, 0.3) is 0 Å². The maximum absolute atomic E-state index is 12.6. The van der Waals surface area contributed by atoms with Crippen LogP contribution < -0.4 is 0 Å². The summed E-state index contributed by atoms with van der Waals surface area (Å²) in [7, 11) is -3.77. The molecule has 120 valence electrons. The van der Waals surface area contributed by atoms with Crippen molar-refractivity contribution in [2.75, 3.05) is 19.7 Å². The summed E-state index contributed by atoms with van der Waals surface area (Å²) in [5.74, 6) is -2.03. The topological polar surface area (TPSA) is 80.8 Å². The lowest BCUT2D eigenvalue weighted by atomic mass is 9.98. The van der Waals surface area contributed by atoms with E-state index >= 15 is 0 Å². The van der Waals surface area contributed by atoms with Gasteiger partial charge in [0.05, 0.1) is 11.5 Å². The van der Waals surface area contributed by atoms with Crippen LogP contribution in [0.15, 0.2) is 29.2 Å². The molecular weight excluding hydrogens is 330 g/mol. The van der Waals surface area contributed by atoms with Crippen LogP contribution in [-0.4, -0.2) is 44.2 Å². The Morgan fingerprint density at radius 1 is 1.36 bits per heavy atom. The SMILES string of the molecule is CCOC(=O)C1CN(S(=O)(=O)c2ccc(Cl)cc2)CCC1=O. The summed E-state index contributed by atoms with van der Waals surface area (Å²) in [6.45, 7) is 1.64. The number of esters is 1. The molecule has 1 saturated heterocycles. The molecule has 1 unspecified atom stereocenters. The first kappa shape index (κ1) is 16.9. The monoisotopic (exact) mass is 345 g/mol. The van der Waals surface area contributed by atoms with E-state index in [-0.39, 0.29) is 36.8 Å². The van der Waals surface area contributed by atoms with E-state index in [9.17, 15) is 18.0 Å². The lowest BCUT2D eigenvalue weighted by Gasteiger charge is -2.29.